The number of anilines is 1. The van der Waals surface area contributed by atoms with Gasteiger partial charge in [0.1, 0.15) is 6.10 Å². The predicted molar refractivity (Wildman–Crippen MR) is 142 cm³/mol. The van der Waals surface area contributed by atoms with Crippen LogP contribution in [0.2, 0.25) is 0 Å². The lowest BCUT2D eigenvalue weighted by molar-refractivity contribution is 0.0525. The lowest BCUT2D eigenvalue weighted by Crippen LogP contribution is -2.39. The number of fused-ring (bicyclic) bond motifs is 1. The summed E-state index contributed by atoms with van der Waals surface area (Å²) in [6.07, 6.45) is 5.85. The number of carbonyl (C=O) groups is 1. The van der Waals surface area contributed by atoms with Crippen LogP contribution in [0.4, 0.5) is 5.95 Å². The molecule has 0 aliphatic carbocycles. The van der Waals surface area contributed by atoms with E-state index in [2.05, 4.69) is 25.9 Å². The molecule has 9 nitrogen and oxygen atoms in total. The van der Waals surface area contributed by atoms with Crippen molar-refractivity contribution >= 4 is 43.3 Å². The predicted octanol–water partition coefficient (Wildman–Crippen LogP) is 4.38. The van der Waals surface area contributed by atoms with E-state index < -0.39 is 15.8 Å². The van der Waals surface area contributed by atoms with Crippen LogP contribution in [0.5, 0.6) is 5.19 Å². The molecule has 192 valence electrons. The molecule has 1 saturated heterocycles. The van der Waals surface area contributed by atoms with Crippen LogP contribution >= 0.6 is 11.3 Å². The lowest BCUT2D eigenvalue weighted by Gasteiger charge is -2.31. The molecule has 0 radical (unpaired) electrons. The van der Waals surface area contributed by atoms with E-state index in [-0.39, 0.29) is 6.10 Å². The number of nitrogens with zero attached hydrogens (tertiary/aromatic N) is 4. The fraction of sp³-hybridized carbons (Fsp3) is 0.308. The first-order chi connectivity index (χ1) is 17.8. The van der Waals surface area contributed by atoms with Gasteiger partial charge in [-0.3, -0.25) is 0 Å². The number of carbonyl (C=O) groups excluding carboxylic acids is 1. The Labute approximate surface area is 219 Å². The molecule has 0 N–H and O–H groups in total. The summed E-state index contributed by atoms with van der Waals surface area (Å²) in [5, 5.41) is 0.632. The number of hydrogen-bond acceptors (Lipinski definition) is 10. The maximum Gasteiger partial charge on any atom is 0.341 e. The zero-order chi connectivity index (χ0) is 26.0. The number of piperidine rings is 1. The molecule has 5 rings (SSSR count). The highest BCUT2D eigenvalue weighted by Crippen LogP contribution is 2.33. The van der Waals surface area contributed by atoms with Crippen molar-refractivity contribution in [2.45, 2.75) is 30.8 Å². The minimum Gasteiger partial charge on any atom is -0.467 e. The van der Waals surface area contributed by atoms with Crippen LogP contribution < -0.4 is 9.64 Å². The van der Waals surface area contributed by atoms with E-state index in [4.69, 9.17) is 9.47 Å². The van der Waals surface area contributed by atoms with Crippen LogP contribution in [0.3, 0.4) is 0 Å². The molecule has 0 bridgehead atoms. The Bertz CT molecular complexity index is 1510. The number of thiazole rings is 1. The van der Waals surface area contributed by atoms with Crippen molar-refractivity contribution in [1.82, 2.24) is 15.0 Å². The standard InChI is InChI=1S/C26H26N4O5S2/c1-3-34-24(31)19-15-27-25(28-16-19)30-12-10-20(11-13-30)35-26-29-22-9-6-18(14-23(22)36-26)17-4-7-21(8-5-17)37(2,32)33/h4-9,14-16,20H,3,10-13H2,1-2H3. The first-order valence-electron chi connectivity index (χ1n) is 11.9. The van der Waals surface area contributed by atoms with Crippen LogP contribution in [-0.4, -0.2) is 61.4 Å². The zero-order valence-corrected chi connectivity index (χ0v) is 22.1. The van der Waals surface area contributed by atoms with E-state index in [1.165, 1.54) is 30.0 Å². The normalized spacial score (nSPS) is 14.6. The number of ether oxygens (including phenoxy) is 2. The molecular formula is C26H26N4O5S2. The van der Waals surface area contributed by atoms with Crippen LogP contribution in [0, 0.1) is 0 Å². The van der Waals surface area contributed by atoms with E-state index in [0.717, 1.165) is 47.3 Å². The zero-order valence-electron chi connectivity index (χ0n) is 20.5. The quantitative estimate of drug-likeness (QED) is 0.316. The molecule has 3 heterocycles. The molecular weight excluding hydrogens is 512 g/mol. The fourth-order valence-electron chi connectivity index (χ4n) is 4.15. The molecule has 4 aromatic rings. The second kappa shape index (κ2) is 10.4. The van der Waals surface area contributed by atoms with Gasteiger partial charge in [0.2, 0.25) is 5.95 Å². The van der Waals surface area contributed by atoms with Gasteiger partial charge in [0.15, 0.2) is 9.84 Å². The number of rotatable bonds is 7. The highest BCUT2D eigenvalue weighted by Gasteiger charge is 2.24. The summed E-state index contributed by atoms with van der Waals surface area (Å²) in [7, 11) is -3.22. The largest absolute Gasteiger partial charge is 0.467 e. The highest BCUT2D eigenvalue weighted by molar-refractivity contribution is 7.90. The summed E-state index contributed by atoms with van der Waals surface area (Å²) in [5.74, 6) is 0.164. The van der Waals surface area contributed by atoms with Gasteiger partial charge in [-0.1, -0.05) is 29.5 Å². The molecule has 11 heteroatoms. The van der Waals surface area contributed by atoms with E-state index >= 15 is 0 Å². The van der Waals surface area contributed by atoms with Gasteiger partial charge in [-0.15, -0.1) is 0 Å². The van der Waals surface area contributed by atoms with Crippen molar-refractivity contribution in [3.8, 4) is 16.3 Å². The molecule has 2 aromatic heterocycles. The summed E-state index contributed by atoms with van der Waals surface area (Å²) < 4.78 is 35.6. The first-order valence-corrected chi connectivity index (χ1v) is 14.6. The third-order valence-corrected chi connectivity index (χ3v) is 8.16. The second-order valence-corrected chi connectivity index (χ2v) is 11.8. The summed E-state index contributed by atoms with van der Waals surface area (Å²) in [4.78, 5) is 27.5. The molecule has 0 unspecified atom stereocenters. The number of hydrogen-bond donors (Lipinski definition) is 0. The minimum absolute atomic E-state index is 0.0404. The first kappa shape index (κ1) is 25.1. The smallest absolute Gasteiger partial charge is 0.341 e. The van der Waals surface area contributed by atoms with Crippen LogP contribution in [0.15, 0.2) is 59.8 Å². The van der Waals surface area contributed by atoms with Gasteiger partial charge in [-0.2, -0.15) is 0 Å². The molecule has 37 heavy (non-hydrogen) atoms. The molecule has 0 atom stereocenters. The SMILES string of the molecule is CCOC(=O)c1cnc(N2CCC(Oc3nc4ccc(-c5ccc(S(C)(=O)=O)cc5)cc4s3)CC2)nc1. The van der Waals surface area contributed by atoms with Crippen molar-refractivity contribution in [3.05, 3.63) is 60.4 Å². The molecule has 1 aliphatic rings. The average molecular weight is 539 g/mol. The third-order valence-electron chi connectivity index (χ3n) is 6.13. The average Bonchev–Trinajstić information content (AvgIpc) is 3.30. The molecule has 2 aromatic carbocycles. The Kier molecular flexibility index (Phi) is 7.07. The molecule has 0 spiro atoms. The fourth-order valence-corrected chi connectivity index (χ4v) is 5.70. The van der Waals surface area contributed by atoms with Crippen LogP contribution in [0.1, 0.15) is 30.1 Å². The topological polar surface area (TPSA) is 112 Å². The summed E-state index contributed by atoms with van der Waals surface area (Å²) in [5.41, 5.74) is 3.14. The van der Waals surface area contributed by atoms with Crippen molar-refractivity contribution in [3.63, 3.8) is 0 Å². The molecule has 1 fully saturated rings. The van der Waals surface area contributed by atoms with E-state index in [1.807, 2.05) is 24.3 Å². The lowest BCUT2D eigenvalue weighted by atomic mass is 10.1. The highest BCUT2D eigenvalue weighted by atomic mass is 32.2. The Morgan fingerprint density at radius 1 is 1.05 bits per heavy atom. The second-order valence-electron chi connectivity index (χ2n) is 8.76. The number of aromatic nitrogens is 3. The molecule has 0 saturated carbocycles. The van der Waals surface area contributed by atoms with Crippen LogP contribution in [-0.2, 0) is 14.6 Å². The van der Waals surface area contributed by atoms with E-state index in [1.54, 1.807) is 19.1 Å². The number of benzene rings is 2. The van der Waals surface area contributed by atoms with Gasteiger partial charge < -0.3 is 14.4 Å². The maximum absolute atomic E-state index is 11.8. The van der Waals surface area contributed by atoms with Gasteiger partial charge in [0, 0.05) is 44.6 Å². The van der Waals surface area contributed by atoms with Crippen molar-refractivity contribution in [1.29, 1.82) is 0 Å². The van der Waals surface area contributed by atoms with Crippen molar-refractivity contribution in [2.24, 2.45) is 0 Å². The number of sulfone groups is 1. The summed E-state index contributed by atoms with van der Waals surface area (Å²) >= 11 is 1.50. The monoisotopic (exact) mass is 538 g/mol. The third kappa shape index (κ3) is 5.72. The summed E-state index contributed by atoms with van der Waals surface area (Å²) in [6, 6.07) is 12.9. The maximum atomic E-state index is 11.8. The van der Waals surface area contributed by atoms with Crippen molar-refractivity contribution in [2.75, 3.05) is 30.9 Å². The Hall–Kier alpha value is -3.57. The number of esters is 1. The van der Waals surface area contributed by atoms with Crippen molar-refractivity contribution < 1.29 is 22.7 Å². The minimum atomic E-state index is -3.22. The summed E-state index contributed by atoms with van der Waals surface area (Å²) in [6.45, 7) is 3.55. The van der Waals surface area contributed by atoms with Gasteiger partial charge in [-0.25, -0.2) is 28.2 Å². The van der Waals surface area contributed by atoms with E-state index in [0.29, 0.717) is 28.2 Å². The van der Waals surface area contributed by atoms with Gasteiger partial charge in [-0.05, 0) is 42.3 Å². The Morgan fingerprint density at radius 3 is 2.38 bits per heavy atom. The van der Waals surface area contributed by atoms with E-state index in [9.17, 15) is 13.2 Å². The Balaban J connectivity index is 1.21. The molecule has 0 amide bonds. The van der Waals surface area contributed by atoms with Gasteiger partial charge in [0.05, 0.1) is 27.3 Å². The van der Waals surface area contributed by atoms with Crippen LogP contribution in [0.25, 0.3) is 21.3 Å². The molecule has 1 aliphatic heterocycles. The van der Waals surface area contributed by atoms with Gasteiger partial charge in [0.25, 0.3) is 5.19 Å². The Morgan fingerprint density at radius 2 is 1.73 bits per heavy atom. The van der Waals surface area contributed by atoms with Gasteiger partial charge >= 0.3 is 5.97 Å².